The average molecular weight is 321 g/mol. The molecule has 1 aliphatic rings. The molecule has 0 aromatic heterocycles. The minimum absolute atomic E-state index is 0.269. The van der Waals surface area contributed by atoms with Gasteiger partial charge in [-0.1, -0.05) is 40.0 Å². The molecule has 4 heteroatoms. The topological polar surface area (TPSA) is 3.24 Å². The third-order valence-corrected chi connectivity index (χ3v) is 4.06. The Balaban J connectivity index is 2.05. The summed E-state index contributed by atoms with van der Waals surface area (Å²) in [5.41, 5.74) is 1.01. The van der Waals surface area contributed by atoms with Gasteiger partial charge < -0.3 is 0 Å². The van der Waals surface area contributed by atoms with Crippen molar-refractivity contribution in [3.05, 3.63) is 34.6 Å². The summed E-state index contributed by atoms with van der Waals surface area (Å²) in [5, 5.41) is 1.49. The van der Waals surface area contributed by atoms with Crippen LogP contribution in [0.15, 0.2) is 18.2 Å². The lowest BCUT2D eigenvalue weighted by atomic mass is 9.91. The Morgan fingerprint density at radius 2 is 2.18 bits per heavy atom. The average Bonchev–Trinajstić information content (AvgIpc) is 2.20. The van der Waals surface area contributed by atoms with E-state index in [-0.39, 0.29) is 5.82 Å². The molecule has 0 atom stereocenters. The van der Waals surface area contributed by atoms with Gasteiger partial charge in [-0.3, -0.25) is 4.90 Å². The Bertz CT molecular complexity index is 382. The first-order valence-corrected chi connectivity index (χ1v) is 7.44. The van der Waals surface area contributed by atoms with Gasteiger partial charge in [0, 0.05) is 29.5 Å². The fourth-order valence-electron chi connectivity index (χ4n) is 2.12. The van der Waals surface area contributed by atoms with Crippen LogP contribution in [0.4, 0.5) is 4.39 Å². The maximum Gasteiger partial charge on any atom is 0.124 e. The van der Waals surface area contributed by atoms with Crippen LogP contribution in [0.2, 0.25) is 5.02 Å². The van der Waals surface area contributed by atoms with Gasteiger partial charge in [0.15, 0.2) is 0 Å². The zero-order valence-corrected chi connectivity index (χ0v) is 12.0. The van der Waals surface area contributed by atoms with E-state index >= 15 is 0 Å². The number of alkyl halides is 1. The number of rotatable bonds is 5. The standard InChI is InChI=1S/C13H16BrClFN/c14-6-7-17(12-2-1-3-12)9-10-4-5-11(16)8-13(10)15/h4-5,8,12H,1-3,6-7,9H2. The summed E-state index contributed by atoms with van der Waals surface area (Å²) < 4.78 is 13.0. The Hall–Kier alpha value is -0.120. The van der Waals surface area contributed by atoms with E-state index in [0.717, 1.165) is 24.0 Å². The van der Waals surface area contributed by atoms with Crippen LogP contribution in [0, 0.1) is 5.82 Å². The van der Waals surface area contributed by atoms with E-state index < -0.39 is 0 Å². The second-order valence-corrected chi connectivity index (χ2v) is 5.68. The molecular formula is C13H16BrClFN. The van der Waals surface area contributed by atoms with E-state index in [4.69, 9.17) is 11.6 Å². The zero-order valence-electron chi connectivity index (χ0n) is 9.63. The van der Waals surface area contributed by atoms with Crippen LogP contribution in [-0.4, -0.2) is 22.8 Å². The number of benzene rings is 1. The summed E-state index contributed by atoms with van der Waals surface area (Å²) in [6, 6.07) is 5.34. The minimum atomic E-state index is -0.269. The molecule has 1 aromatic carbocycles. The molecule has 2 rings (SSSR count). The maximum absolute atomic E-state index is 13.0. The molecule has 0 heterocycles. The monoisotopic (exact) mass is 319 g/mol. The van der Waals surface area contributed by atoms with Gasteiger partial charge in [0.05, 0.1) is 0 Å². The highest BCUT2D eigenvalue weighted by molar-refractivity contribution is 9.09. The van der Waals surface area contributed by atoms with Gasteiger partial charge in [-0.25, -0.2) is 4.39 Å². The number of halogens is 3. The second kappa shape index (κ2) is 6.17. The third-order valence-electron chi connectivity index (χ3n) is 3.35. The number of nitrogens with zero attached hydrogens (tertiary/aromatic N) is 1. The first-order valence-electron chi connectivity index (χ1n) is 5.94. The first-order chi connectivity index (χ1) is 8.20. The summed E-state index contributed by atoms with van der Waals surface area (Å²) in [7, 11) is 0. The largest absolute Gasteiger partial charge is 0.295 e. The Labute approximate surface area is 115 Å². The molecule has 0 amide bonds. The molecule has 0 N–H and O–H groups in total. The second-order valence-electron chi connectivity index (χ2n) is 4.48. The summed E-state index contributed by atoms with van der Waals surface area (Å²) in [5.74, 6) is -0.269. The highest BCUT2D eigenvalue weighted by Gasteiger charge is 2.24. The molecule has 0 bridgehead atoms. The molecule has 17 heavy (non-hydrogen) atoms. The Morgan fingerprint density at radius 1 is 1.41 bits per heavy atom. The fraction of sp³-hybridized carbons (Fsp3) is 0.538. The lowest BCUT2D eigenvalue weighted by Crippen LogP contribution is -2.40. The predicted molar refractivity (Wildman–Crippen MR) is 73.3 cm³/mol. The van der Waals surface area contributed by atoms with E-state index in [1.807, 2.05) is 0 Å². The Kier molecular flexibility index (Phi) is 4.83. The van der Waals surface area contributed by atoms with Crippen LogP contribution in [0.1, 0.15) is 24.8 Å². The van der Waals surface area contributed by atoms with Crippen molar-refractivity contribution < 1.29 is 4.39 Å². The summed E-state index contributed by atoms with van der Waals surface area (Å²) in [6.45, 7) is 1.83. The van der Waals surface area contributed by atoms with E-state index in [2.05, 4.69) is 20.8 Å². The van der Waals surface area contributed by atoms with E-state index in [1.54, 1.807) is 6.07 Å². The normalized spacial score (nSPS) is 16.2. The van der Waals surface area contributed by atoms with Crippen LogP contribution in [0.5, 0.6) is 0 Å². The van der Waals surface area contributed by atoms with Gasteiger partial charge in [-0.05, 0) is 30.5 Å². The SMILES string of the molecule is Fc1ccc(CN(CCBr)C2CCC2)c(Cl)c1. The molecule has 94 valence electrons. The predicted octanol–water partition coefficient (Wildman–Crippen LogP) is 4.23. The lowest BCUT2D eigenvalue weighted by Gasteiger charge is -2.37. The molecule has 1 aromatic rings. The van der Waals surface area contributed by atoms with Crippen molar-refractivity contribution in [1.29, 1.82) is 0 Å². The molecule has 1 saturated carbocycles. The van der Waals surface area contributed by atoms with Crippen LogP contribution in [-0.2, 0) is 6.54 Å². The van der Waals surface area contributed by atoms with Gasteiger partial charge in [-0.2, -0.15) is 0 Å². The molecule has 0 unspecified atom stereocenters. The van der Waals surface area contributed by atoms with E-state index in [1.165, 1.54) is 31.4 Å². The molecule has 0 aliphatic heterocycles. The third kappa shape index (κ3) is 3.43. The van der Waals surface area contributed by atoms with Crippen LogP contribution < -0.4 is 0 Å². The highest BCUT2D eigenvalue weighted by atomic mass is 79.9. The van der Waals surface area contributed by atoms with Gasteiger partial charge in [0.1, 0.15) is 5.82 Å². The molecule has 0 saturated heterocycles. The molecule has 0 radical (unpaired) electrons. The van der Waals surface area contributed by atoms with Gasteiger partial charge in [0.25, 0.3) is 0 Å². The molecule has 1 fully saturated rings. The van der Waals surface area contributed by atoms with Crippen molar-refractivity contribution in [1.82, 2.24) is 4.90 Å². The first kappa shape index (κ1) is 13.3. The van der Waals surface area contributed by atoms with Crippen molar-refractivity contribution >= 4 is 27.5 Å². The van der Waals surface area contributed by atoms with Gasteiger partial charge in [-0.15, -0.1) is 0 Å². The van der Waals surface area contributed by atoms with Crippen LogP contribution in [0.25, 0.3) is 0 Å². The quantitative estimate of drug-likeness (QED) is 0.734. The molecular weight excluding hydrogens is 305 g/mol. The van der Waals surface area contributed by atoms with Gasteiger partial charge >= 0.3 is 0 Å². The maximum atomic E-state index is 13.0. The van der Waals surface area contributed by atoms with Gasteiger partial charge in [0.2, 0.25) is 0 Å². The molecule has 0 spiro atoms. The van der Waals surface area contributed by atoms with E-state index in [9.17, 15) is 4.39 Å². The minimum Gasteiger partial charge on any atom is -0.295 e. The van der Waals surface area contributed by atoms with Crippen LogP contribution >= 0.6 is 27.5 Å². The Morgan fingerprint density at radius 3 is 2.71 bits per heavy atom. The summed E-state index contributed by atoms with van der Waals surface area (Å²) in [4.78, 5) is 2.43. The highest BCUT2D eigenvalue weighted by Crippen LogP contribution is 2.28. The molecule has 1 nitrogen and oxygen atoms in total. The fourth-order valence-corrected chi connectivity index (χ4v) is 2.80. The summed E-state index contributed by atoms with van der Waals surface area (Å²) >= 11 is 9.54. The van der Waals surface area contributed by atoms with Crippen molar-refractivity contribution in [2.24, 2.45) is 0 Å². The van der Waals surface area contributed by atoms with E-state index in [0.29, 0.717) is 11.1 Å². The van der Waals surface area contributed by atoms with Crippen molar-refractivity contribution in [2.45, 2.75) is 31.8 Å². The molecule has 1 aliphatic carbocycles. The van der Waals surface area contributed by atoms with Crippen molar-refractivity contribution in [2.75, 3.05) is 11.9 Å². The van der Waals surface area contributed by atoms with Crippen molar-refractivity contribution in [3.8, 4) is 0 Å². The van der Waals surface area contributed by atoms with Crippen molar-refractivity contribution in [3.63, 3.8) is 0 Å². The summed E-state index contributed by atoms with van der Waals surface area (Å²) in [6.07, 6.45) is 3.86. The number of hydrogen-bond donors (Lipinski definition) is 0. The number of hydrogen-bond acceptors (Lipinski definition) is 1. The zero-order chi connectivity index (χ0) is 12.3. The smallest absolute Gasteiger partial charge is 0.124 e. The lowest BCUT2D eigenvalue weighted by molar-refractivity contribution is 0.128. The van der Waals surface area contributed by atoms with Crippen LogP contribution in [0.3, 0.4) is 0 Å².